The number of carbonyl (C=O) groups excluding carboxylic acids is 2. The van der Waals surface area contributed by atoms with Gasteiger partial charge in [-0.05, 0) is 6.92 Å². The van der Waals surface area contributed by atoms with Crippen LogP contribution in [0.25, 0.3) is 0 Å². The van der Waals surface area contributed by atoms with Crippen molar-refractivity contribution in [3.63, 3.8) is 0 Å². The van der Waals surface area contributed by atoms with E-state index in [0.717, 1.165) is 0 Å². The molecule has 4 heteroatoms. The Bertz CT molecular complexity index is 218. The smallest absolute Gasteiger partial charge is 0.328 e. The van der Waals surface area contributed by atoms with Crippen molar-refractivity contribution in [3.05, 3.63) is 12.2 Å². The Morgan fingerprint density at radius 3 is 2.92 bits per heavy atom. The molecule has 0 aromatic rings. The number of esters is 1. The maximum absolute atomic E-state index is 11.1. The van der Waals surface area contributed by atoms with Crippen LogP contribution in [0.4, 0.5) is 0 Å². The van der Waals surface area contributed by atoms with Crippen molar-refractivity contribution in [2.75, 3.05) is 6.61 Å². The van der Waals surface area contributed by atoms with Crippen molar-refractivity contribution in [2.45, 2.75) is 19.4 Å². The molecule has 1 atom stereocenters. The molecule has 1 aliphatic rings. The van der Waals surface area contributed by atoms with Crippen LogP contribution >= 0.6 is 0 Å². The Morgan fingerprint density at radius 2 is 2.50 bits per heavy atom. The molecule has 1 fully saturated rings. The summed E-state index contributed by atoms with van der Waals surface area (Å²) in [5.41, 5.74) is 0.438. The fourth-order valence-corrected chi connectivity index (χ4v) is 1.04. The third-order valence-corrected chi connectivity index (χ3v) is 1.65. The van der Waals surface area contributed by atoms with E-state index >= 15 is 0 Å². The lowest BCUT2D eigenvalue weighted by Crippen LogP contribution is -2.34. The Kier molecular flexibility index (Phi) is 2.47. The van der Waals surface area contributed by atoms with Gasteiger partial charge in [-0.3, -0.25) is 4.79 Å². The van der Waals surface area contributed by atoms with E-state index in [1.165, 1.54) is 0 Å². The summed E-state index contributed by atoms with van der Waals surface area (Å²) < 4.78 is 4.73. The molecule has 0 aliphatic carbocycles. The molecule has 66 valence electrons. The highest BCUT2D eigenvalue weighted by Crippen LogP contribution is 2.12. The summed E-state index contributed by atoms with van der Waals surface area (Å²) in [5.74, 6) is -0.641. The highest BCUT2D eigenvalue weighted by molar-refractivity contribution is 6.00. The predicted molar refractivity (Wildman–Crippen MR) is 42.3 cm³/mol. The number of amides is 1. The summed E-state index contributed by atoms with van der Waals surface area (Å²) in [5, 5.41) is 2.48. The minimum atomic E-state index is -0.523. The number of rotatable bonds is 2. The number of carbonyl (C=O) groups is 2. The predicted octanol–water partition coefficient (Wildman–Crippen LogP) is -0.00580. The van der Waals surface area contributed by atoms with E-state index in [4.69, 9.17) is 4.74 Å². The lowest BCUT2D eigenvalue weighted by atomic mass is 10.2. The van der Waals surface area contributed by atoms with E-state index in [9.17, 15) is 9.59 Å². The summed E-state index contributed by atoms with van der Waals surface area (Å²) in [4.78, 5) is 21.9. The number of nitrogens with one attached hydrogen (secondary N) is 1. The molecule has 0 aromatic heterocycles. The van der Waals surface area contributed by atoms with Crippen LogP contribution in [0, 0.1) is 0 Å². The summed E-state index contributed by atoms with van der Waals surface area (Å²) in [6, 6.07) is -0.523. The third kappa shape index (κ3) is 1.64. The second kappa shape index (κ2) is 3.38. The van der Waals surface area contributed by atoms with Gasteiger partial charge in [0.25, 0.3) is 0 Å². The van der Waals surface area contributed by atoms with Crippen LogP contribution in [0.15, 0.2) is 12.2 Å². The molecule has 1 amide bonds. The Labute approximate surface area is 70.6 Å². The van der Waals surface area contributed by atoms with Gasteiger partial charge in [-0.2, -0.15) is 0 Å². The minimum absolute atomic E-state index is 0.256. The van der Waals surface area contributed by atoms with Gasteiger partial charge < -0.3 is 10.1 Å². The second-order valence-electron chi connectivity index (χ2n) is 2.59. The molecule has 0 bridgehead atoms. The van der Waals surface area contributed by atoms with Crippen LogP contribution in [-0.2, 0) is 14.3 Å². The molecule has 0 saturated carbocycles. The molecule has 1 N–H and O–H groups in total. The minimum Gasteiger partial charge on any atom is -0.464 e. The third-order valence-electron chi connectivity index (χ3n) is 1.65. The first-order valence-electron chi connectivity index (χ1n) is 3.80. The molecule has 1 unspecified atom stereocenters. The standard InChI is InChI=1S/C8H11NO3/c1-3-12-8(11)6-4-5(2)7(10)9-6/h6H,2-4H2,1H3,(H,9,10). The van der Waals surface area contributed by atoms with Gasteiger partial charge in [0.2, 0.25) is 5.91 Å². The Balaban J connectivity index is 2.51. The van der Waals surface area contributed by atoms with Gasteiger partial charge in [0.05, 0.1) is 6.61 Å². The lowest BCUT2D eigenvalue weighted by Gasteiger charge is -2.06. The monoisotopic (exact) mass is 169 g/mol. The molecular weight excluding hydrogens is 158 g/mol. The maximum Gasteiger partial charge on any atom is 0.328 e. The number of hydrogen-bond donors (Lipinski definition) is 1. The molecule has 0 aromatic carbocycles. The quantitative estimate of drug-likeness (QED) is 0.467. The molecule has 1 heterocycles. The maximum atomic E-state index is 11.1. The van der Waals surface area contributed by atoms with Gasteiger partial charge in [0, 0.05) is 12.0 Å². The number of hydrogen-bond acceptors (Lipinski definition) is 3. The van der Waals surface area contributed by atoms with Crippen LogP contribution < -0.4 is 5.32 Å². The van der Waals surface area contributed by atoms with Crippen LogP contribution in [0.1, 0.15) is 13.3 Å². The Hall–Kier alpha value is -1.32. The second-order valence-corrected chi connectivity index (χ2v) is 2.59. The van der Waals surface area contributed by atoms with E-state index in [1.807, 2.05) is 0 Å². The summed E-state index contributed by atoms with van der Waals surface area (Å²) in [6.07, 6.45) is 0.359. The first kappa shape index (κ1) is 8.77. The van der Waals surface area contributed by atoms with Crippen LogP contribution in [0.5, 0.6) is 0 Å². The zero-order valence-corrected chi connectivity index (χ0v) is 6.92. The number of ether oxygens (including phenoxy) is 1. The van der Waals surface area contributed by atoms with Gasteiger partial charge in [-0.25, -0.2) is 4.79 Å². The molecule has 0 spiro atoms. The SMILES string of the molecule is C=C1CC(C(=O)OCC)NC1=O. The topological polar surface area (TPSA) is 55.4 Å². The van der Waals surface area contributed by atoms with Crippen molar-refractivity contribution >= 4 is 11.9 Å². The van der Waals surface area contributed by atoms with Crippen LogP contribution in [0.2, 0.25) is 0 Å². The van der Waals surface area contributed by atoms with Crippen LogP contribution in [-0.4, -0.2) is 24.5 Å². The summed E-state index contributed by atoms with van der Waals surface area (Å²) in [6.45, 7) is 5.56. The fraction of sp³-hybridized carbons (Fsp3) is 0.500. The first-order valence-corrected chi connectivity index (χ1v) is 3.80. The summed E-state index contributed by atoms with van der Waals surface area (Å²) >= 11 is 0. The largest absolute Gasteiger partial charge is 0.464 e. The van der Waals surface area contributed by atoms with Crippen molar-refractivity contribution in [3.8, 4) is 0 Å². The molecule has 4 nitrogen and oxygen atoms in total. The van der Waals surface area contributed by atoms with Crippen molar-refractivity contribution in [1.29, 1.82) is 0 Å². The van der Waals surface area contributed by atoms with E-state index < -0.39 is 6.04 Å². The highest BCUT2D eigenvalue weighted by atomic mass is 16.5. The summed E-state index contributed by atoms with van der Waals surface area (Å²) in [7, 11) is 0. The lowest BCUT2D eigenvalue weighted by molar-refractivity contribution is -0.145. The zero-order chi connectivity index (χ0) is 9.14. The fourth-order valence-electron chi connectivity index (χ4n) is 1.04. The van der Waals surface area contributed by atoms with E-state index in [2.05, 4.69) is 11.9 Å². The molecule has 0 radical (unpaired) electrons. The molecule has 1 aliphatic heterocycles. The van der Waals surface area contributed by atoms with E-state index in [0.29, 0.717) is 18.6 Å². The highest BCUT2D eigenvalue weighted by Gasteiger charge is 2.30. The molecular formula is C8H11NO3. The van der Waals surface area contributed by atoms with E-state index in [-0.39, 0.29) is 11.9 Å². The van der Waals surface area contributed by atoms with Crippen molar-refractivity contribution in [1.82, 2.24) is 5.32 Å². The average molecular weight is 169 g/mol. The molecule has 12 heavy (non-hydrogen) atoms. The van der Waals surface area contributed by atoms with Gasteiger partial charge in [0.15, 0.2) is 0 Å². The van der Waals surface area contributed by atoms with Crippen molar-refractivity contribution < 1.29 is 14.3 Å². The van der Waals surface area contributed by atoms with Crippen molar-refractivity contribution in [2.24, 2.45) is 0 Å². The Morgan fingerprint density at radius 1 is 1.83 bits per heavy atom. The zero-order valence-electron chi connectivity index (χ0n) is 6.92. The van der Waals surface area contributed by atoms with E-state index in [1.54, 1.807) is 6.92 Å². The van der Waals surface area contributed by atoms with Gasteiger partial charge in [-0.1, -0.05) is 6.58 Å². The molecule has 1 rings (SSSR count). The first-order chi connectivity index (χ1) is 5.65. The normalized spacial score (nSPS) is 22.2. The van der Waals surface area contributed by atoms with Crippen LogP contribution in [0.3, 0.4) is 0 Å². The van der Waals surface area contributed by atoms with Gasteiger partial charge >= 0.3 is 5.97 Å². The van der Waals surface area contributed by atoms with Gasteiger partial charge in [0.1, 0.15) is 6.04 Å². The molecule has 1 saturated heterocycles. The van der Waals surface area contributed by atoms with Gasteiger partial charge in [-0.15, -0.1) is 0 Å². The average Bonchev–Trinajstić information content (AvgIpc) is 2.33.